The van der Waals surface area contributed by atoms with Crippen LogP contribution >= 0.6 is 0 Å². The molecule has 0 nitrogen and oxygen atoms in total. The quantitative estimate of drug-likeness (QED) is 0.253. The van der Waals surface area contributed by atoms with E-state index in [-0.39, 0.29) is 58.9 Å². The third kappa shape index (κ3) is 5.61. The van der Waals surface area contributed by atoms with Gasteiger partial charge in [0.05, 0.1) is 8.07 Å². The van der Waals surface area contributed by atoms with Crippen molar-refractivity contribution in [3.8, 4) is 0 Å². The summed E-state index contributed by atoms with van der Waals surface area (Å²) in [5, 5.41) is 6.10. The Morgan fingerprint density at radius 1 is 0.800 bits per heavy atom. The van der Waals surface area contributed by atoms with Crippen LogP contribution in [0.25, 0.3) is 10.8 Å². The van der Waals surface area contributed by atoms with E-state index in [2.05, 4.69) is 84.5 Å². The fourth-order valence-corrected chi connectivity index (χ4v) is 9.61. The van der Waals surface area contributed by atoms with Gasteiger partial charge in [0.25, 0.3) is 0 Å². The van der Waals surface area contributed by atoms with Crippen molar-refractivity contribution in [1.82, 2.24) is 0 Å². The van der Waals surface area contributed by atoms with Crippen LogP contribution in [0.5, 0.6) is 0 Å². The number of unbranched alkanes of at least 4 members (excludes halogenated alkanes) is 1. The minimum Gasteiger partial charge on any atom is -1.00 e. The molecule has 1 unspecified atom stereocenters. The number of fused-ring (bicyclic) bond motifs is 1. The summed E-state index contributed by atoms with van der Waals surface area (Å²) in [5.41, 5.74) is 7.55. The molecule has 0 N–H and O–H groups in total. The van der Waals surface area contributed by atoms with Crippen molar-refractivity contribution in [2.24, 2.45) is 0 Å². The van der Waals surface area contributed by atoms with Crippen molar-refractivity contribution < 1.29 is 58.9 Å². The third-order valence-electron chi connectivity index (χ3n) is 6.84. The fraction of sp³-hybridized carbons (Fsp3) is 0.400. The van der Waals surface area contributed by atoms with Crippen LogP contribution in [0.1, 0.15) is 47.6 Å². The first kappa shape index (κ1) is 32.0. The third-order valence-corrected chi connectivity index (χ3v) is 11.6. The summed E-state index contributed by atoms with van der Waals surface area (Å²) >= 11 is 0. The Morgan fingerprint density at radius 2 is 1.30 bits per heavy atom. The molecule has 30 heavy (non-hydrogen) atoms. The first-order valence-electron chi connectivity index (χ1n) is 10.0. The fourth-order valence-electron chi connectivity index (χ4n) is 4.74. The Balaban J connectivity index is 0. The molecule has 0 bridgehead atoms. The Labute approximate surface area is 218 Å². The second kappa shape index (κ2) is 12.8. The van der Waals surface area contributed by atoms with E-state index in [0.717, 1.165) is 0 Å². The molecule has 162 valence electrons. The van der Waals surface area contributed by atoms with Gasteiger partial charge in [-0.05, 0) is 67.6 Å². The summed E-state index contributed by atoms with van der Waals surface area (Å²) in [6.07, 6.45) is 2.58. The molecule has 3 rings (SSSR count). The Bertz CT molecular complexity index is 902. The van der Waals surface area contributed by atoms with Crippen molar-refractivity contribution in [3.05, 3.63) is 64.2 Å². The van der Waals surface area contributed by atoms with Crippen LogP contribution in [0.15, 0.2) is 36.4 Å². The smallest absolute Gasteiger partial charge is 1.00 e. The second-order valence-electron chi connectivity index (χ2n) is 8.31. The molecule has 0 saturated carbocycles. The van der Waals surface area contributed by atoms with E-state index >= 15 is 0 Å². The van der Waals surface area contributed by atoms with E-state index in [0.29, 0.717) is 0 Å². The monoisotopic (exact) mass is 514 g/mol. The van der Waals surface area contributed by atoms with Crippen LogP contribution in [0.2, 0.25) is 12.6 Å². The molecule has 5 heteroatoms. The van der Waals surface area contributed by atoms with Crippen LogP contribution in [-0.4, -0.2) is 8.07 Å². The number of hydrogen-bond acceptors (Lipinski definition) is 0. The summed E-state index contributed by atoms with van der Waals surface area (Å²) in [4.78, 5) is 0. The average molecular weight is 516 g/mol. The van der Waals surface area contributed by atoms with Crippen molar-refractivity contribution in [2.45, 2.75) is 67.0 Å². The summed E-state index contributed by atoms with van der Waals surface area (Å²) in [7, 11) is -1.78. The minimum absolute atomic E-state index is 0. The molecule has 0 aliphatic carbocycles. The van der Waals surface area contributed by atoms with E-state index < -0.39 is 8.07 Å². The molecule has 3 aromatic rings. The summed E-state index contributed by atoms with van der Waals surface area (Å²) in [6, 6.07) is 15.2. The average Bonchev–Trinajstić information content (AvgIpc) is 3.08. The molecular weight excluding hydrogens is 483 g/mol. The topological polar surface area (TPSA) is 0 Å². The number of rotatable bonds is 5. The standard InChI is InChI=1S/C25H33Si.3ClH.Ti/c1-8-9-14-26(7,24-15-22-12-10-11-13-23(22)16-24)25-20(5)18(3)17(2)19(4)21(25)6;;;;/h10-13,15-16H,8-9,14H2,1-7H3;3*1H;/q-1;;;;+4/p-3. The largest absolute Gasteiger partial charge is 4.00 e. The molecule has 0 aliphatic heterocycles. The van der Waals surface area contributed by atoms with Crippen LogP contribution in [0, 0.1) is 34.6 Å². The first-order chi connectivity index (χ1) is 12.3. The van der Waals surface area contributed by atoms with Gasteiger partial charge in [-0.3, -0.25) is 0 Å². The van der Waals surface area contributed by atoms with Gasteiger partial charge in [0.2, 0.25) is 0 Å². The Hall–Kier alpha value is -0.149. The maximum atomic E-state index is 2.61. The van der Waals surface area contributed by atoms with E-state index in [4.69, 9.17) is 0 Å². The zero-order valence-corrected chi connectivity index (χ0v) is 24.0. The molecule has 0 fully saturated rings. The number of hydrogen-bond donors (Lipinski definition) is 0. The van der Waals surface area contributed by atoms with Crippen molar-refractivity contribution >= 4 is 29.2 Å². The maximum absolute atomic E-state index is 2.61. The van der Waals surface area contributed by atoms with E-state index in [1.54, 1.807) is 21.5 Å². The van der Waals surface area contributed by atoms with E-state index in [1.165, 1.54) is 46.3 Å². The second-order valence-corrected chi connectivity index (χ2v) is 12.6. The molecule has 0 amide bonds. The van der Waals surface area contributed by atoms with Gasteiger partial charge in [0, 0.05) is 0 Å². The summed E-state index contributed by atoms with van der Waals surface area (Å²) in [6.45, 7) is 16.6. The van der Waals surface area contributed by atoms with Gasteiger partial charge in [0.15, 0.2) is 0 Å². The minimum atomic E-state index is -1.78. The predicted molar refractivity (Wildman–Crippen MR) is 120 cm³/mol. The van der Waals surface area contributed by atoms with Gasteiger partial charge in [-0.15, -0.1) is 34.8 Å². The van der Waals surface area contributed by atoms with Crippen molar-refractivity contribution in [3.63, 3.8) is 0 Å². The van der Waals surface area contributed by atoms with Crippen molar-refractivity contribution in [1.29, 1.82) is 0 Å². The molecule has 0 aromatic heterocycles. The zero-order valence-electron chi connectivity index (χ0n) is 19.2. The zero-order chi connectivity index (χ0) is 19.1. The summed E-state index contributed by atoms with van der Waals surface area (Å²) in [5.74, 6) is 0. The molecular formula is C25H33Cl3SiTi. The number of benzene rings is 2. The van der Waals surface area contributed by atoms with Gasteiger partial charge in [-0.1, -0.05) is 38.4 Å². The summed E-state index contributed by atoms with van der Waals surface area (Å²) < 4.78 is 0. The van der Waals surface area contributed by atoms with Gasteiger partial charge in [-0.2, -0.15) is 11.5 Å². The number of halogens is 3. The van der Waals surface area contributed by atoms with Gasteiger partial charge in [0.1, 0.15) is 0 Å². The Morgan fingerprint density at radius 3 is 1.80 bits per heavy atom. The van der Waals surface area contributed by atoms with Crippen LogP contribution in [0.4, 0.5) is 0 Å². The SMILES string of the molecule is CCCC[Si](C)(c1cc2ccccc2[cH-]1)c1c(C)c(C)c(C)c(C)c1C.[Cl-].[Cl-].[Cl-].[Ti+4]. The molecule has 3 aromatic carbocycles. The van der Waals surface area contributed by atoms with Crippen LogP contribution < -0.4 is 47.6 Å². The normalized spacial score (nSPS) is 12.1. The first-order valence-corrected chi connectivity index (χ1v) is 12.7. The molecule has 0 saturated heterocycles. The van der Waals surface area contributed by atoms with Crippen LogP contribution in [0.3, 0.4) is 0 Å². The Kier molecular flexibility index (Phi) is 13.6. The predicted octanol–water partition coefficient (Wildman–Crippen LogP) is -2.90. The van der Waals surface area contributed by atoms with Crippen LogP contribution in [-0.2, 0) is 21.7 Å². The van der Waals surface area contributed by atoms with Crippen molar-refractivity contribution in [2.75, 3.05) is 0 Å². The molecule has 0 heterocycles. The van der Waals surface area contributed by atoms with Gasteiger partial charge in [-0.25, -0.2) is 0 Å². The molecule has 1 atom stereocenters. The van der Waals surface area contributed by atoms with Gasteiger partial charge < -0.3 is 37.2 Å². The molecule has 0 aliphatic rings. The van der Waals surface area contributed by atoms with Gasteiger partial charge >= 0.3 is 21.7 Å². The molecule has 0 spiro atoms. The van der Waals surface area contributed by atoms with E-state index in [1.807, 2.05) is 0 Å². The van der Waals surface area contributed by atoms with E-state index in [9.17, 15) is 0 Å². The maximum Gasteiger partial charge on any atom is 4.00 e. The molecule has 0 radical (unpaired) electrons.